The third-order valence-corrected chi connectivity index (χ3v) is 8.78. The minimum atomic E-state index is -0.625. The lowest BCUT2D eigenvalue weighted by atomic mass is 10.1. The summed E-state index contributed by atoms with van der Waals surface area (Å²) in [7, 11) is 0. The molecule has 1 amide bonds. The average Bonchev–Trinajstić information content (AvgIpc) is 3.55. The maximum absolute atomic E-state index is 13.0. The fraction of sp³-hybridized carbons (Fsp3) is 0.308. The van der Waals surface area contributed by atoms with Crippen molar-refractivity contribution in [3.05, 3.63) is 107 Å². The summed E-state index contributed by atoms with van der Waals surface area (Å²) in [5.41, 5.74) is 4.90. The Kier molecular flexibility index (Phi) is 11.0. The van der Waals surface area contributed by atoms with E-state index in [4.69, 9.17) is 26.4 Å². The van der Waals surface area contributed by atoms with Gasteiger partial charge in [0.1, 0.15) is 24.1 Å². The summed E-state index contributed by atoms with van der Waals surface area (Å²) >= 11 is 6.20. The van der Waals surface area contributed by atoms with Gasteiger partial charge in [0, 0.05) is 22.0 Å². The third kappa shape index (κ3) is 8.42. The summed E-state index contributed by atoms with van der Waals surface area (Å²) in [5, 5.41) is 18.4. The number of carbonyl (C=O) groups excluding carboxylic acids is 1. The molecular weight excluding hydrogens is 622 g/mol. The largest absolute Gasteiger partial charge is 0.487 e. The van der Waals surface area contributed by atoms with Crippen LogP contribution in [0.1, 0.15) is 56.8 Å². The number of hydrogen-bond acceptors (Lipinski definition) is 6. The van der Waals surface area contributed by atoms with Gasteiger partial charge in [-0.3, -0.25) is 14.9 Å². The molecule has 9 heteroatoms. The van der Waals surface area contributed by atoms with Gasteiger partial charge in [-0.15, -0.1) is 0 Å². The second kappa shape index (κ2) is 15.9. The van der Waals surface area contributed by atoms with Crippen molar-refractivity contribution in [1.82, 2.24) is 24.7 Å². The van der Waals surface area contributed by atoms with Crippen LogP contribution in [-0.2, 0) is 11.4 Å². The topological polar surface area (TPSA) is 83.7 Å². The van der Waals surface area contributed by atoms with E-state index in [1.807, 2.05) is 89.6 Å². The number of unbranched alkanes of at least 4 members (excludes halogenated alkanes) is 1. The van der Waals surface area contributed by atoms with E-state index in [0.717, 1.165) is 77.4 Å². The smallest absolute Gasteiger partial charge is 0.261 e. The molecule has 1 saturated heterocycles. The molecule has 3 heterocycles. The number of benzene rings is 3. The minimum absolute atomic E-state index is 0.203. The van der Waals surface area contributed by atoms with Crippen LogP contribution < -0.4 is 4.74 Å². The Labute approximate surface area is 286 Å². The van der Waals surface area contributed by atoms with E-state index < -0.39 is 6.04 Å². The van der Waals surface area contributed by atoms with Gasteiger partial charge in [-0.05, 0) is 86.8 Å². The Morgan fingerprint density at radius 2 is 1.77 bits per heavy atom. The van der Waals surface area contributed by atoms with Crippen LogP contribution in [0.25, 0.3) is 27.8 Å². The quantitative estimate of drug-likeness (QED) is 0.0879. The molecule has 0 aliphatic carbocycles. The Morgan fingerprint density at radius 1 is 1.00 bits per heavy atom. The highest BCUT2D eigenvalue weighted by molar-refractivity contribution is 6.30. The van der Waals surface area contributed by atoms with Gasteiger partial charge in [0.25, 0.3) is 5.91 Å². The Hall–Kier alpha value is -4.68. The number of rotatable bonds is 11. The number of amides is 1. The zero-order valence-corrected chi connectivity index (χ0v) is 27.9. The van der Waals surface area contributed by atoms with Crippen molar-refractivity contribution in [3.63, 3.8) is 0 Å². The zero-order chi connectivity index (χ0) is 33.3. The zero-order valence-electron chi connectivity index (χ0n) is 27.2. The number of fused-ring (bicyclic) bond motifs is 1. The molecule has 2 aromatic heterocycles. The first-order chi connectivity index (χ1) is 23.5. The second-order valence-electron chi connectivity index (χ2n) is 12.1. The summed E-state index contributed by atoms with van der Waals surface area (Å²) < 4.78 is 7.90. The lowest BCUT2D eigenvalue weighted by molar-refractivity contribution is -0.172. The van der Waals surface area contributed by atoms with Crippen molar-refractivity contribution in [2.24, 2.45) is 0 Å². The van der Waals surface area contributed by atoms with Crippen LogP contribution in [0, 0.1) is 11.8 Å². The molecule has 0 radical (unpaired) electrons. The molecule has 48 heavy (non-hydrogen) atoms. The molecule has 0 saturated carbocycles. The van der Waals surface area contributed by atoms with Crippen LogP contribution in [-0.4, -0.2) is 61.5 Å². The van der Waals surface area contributed by atoms with E-state index in [0.29, 0.717) is 29.5 Å². The molecule has 3 aromatic carbocycles. The number of hydroxylamine groups is 2. The Morgan fingerprint density at radius 3 is 2.54 bits per heavy atom. The predicted molar refractivity (Wildman–Crippen MR) is 189 cm³/mol. The first-order valence-corrected chi connectivity index (χ1v) is 17.0. The molecular formula is C39H40ClN5O3. The summed E-state index contributed by atoms with van der Waals surface area (Å²) in [6, 6.07) is 28.6. The first-order valence-electron chi connectivity index (χ1n) is 16.7. The Bertz CT molecular complexity index is 1890. The van der Waals surface area contributed by atoms with E-state index in [1.165, 1.54) is 6.42 Å². The maximum atomic E-state index is 13.0. The highest BCUT2D eigenvalue weighted by Crippen LogP contribution is 2.27. The predicted octanol–water partition coefficient (Wildman–Crippen LogP) is 7.93. The highest BCUT2D eigenvalue weighted by Gasteiger charge is 2.23. The summed E-state index contributed by atoms with van der Waals surface area (Å²) in [5.74, 6) is 6.71. The SMILES string of the molecule is CCCCC(C#Cc1cc(-c2ccc(Cl)cc2)n(-c2ccc(OCc3ccc4ccccc4n3)cc2)n1)N(O)C(=O)CN1CCCCC1. The number of piperidine rings is 1. The van der Waals surface area contributed by atoms with Crippen LogP contribution >= 0.6 is 11.6 Å². The molecule has 5 aromatic rings. The molecule has 6 rings (SSSR count). The van der Waals surface area contributed by atoms with Gasteiger partial charge in [0.2, 0.25) is 0 Å². The van der Waals surface area contributed by atoms with Crippen molar-refractivity contribution in [2.45, 2.75) is 58.1 Å². The van der Waals surface area contributed by atoms with Gasteiger partial charge in [-0.2, -0.15) is 5.10 Å². The van der Waals surface area contributed by atoms with Gasteiger partial charge >= 0.3 is 0 Å². The third-order valence-electron chi connectivity index (χ3n) is 8.53. The fourth-order valence-electron chi connectivity index (χ4n) is 5.86. The summed E-state index contributed by atoms with van der Waals surface area (Å²) in [4.78, 5) is 19.8. The van der Waals surface area contributed by atoms with E-state index in [9.17, 15) is 10.0 Å². The standard InChI is InChI=1S/C39H40ClN5O3/c1-2-3-10-35(45(47)39(46)27-43-24-7-4-8-25-43)19-18-32-26-38(30-12-15-31(40)16-13-30)44(42-32)34-20-22-36(23-21-34)48-28-33-17-14-29-9-5-6-11-37(29)41-33/h5-6,9,11-17,20-23,26,35,47H,2-4,7-8,10,24-25,27-28H2,1H3. The molecule has 1 aliphatic heterocycles. The first kappa shape index (κ1) is 33.2. The van der Waals surface area contributed by atoms with Gasteiger partial charge in [0.15, 0.2) is 0 Å². The van der Waals surface area contributed by atoms with Crippen molar-refractivity contribution in [3.8, 4) is 34.5 Å². The molecule has 8 nitrogen and oxygen atoms in total. The van der Waals surface area contributed by atoms with Crippen LogP contribution in [0.2, 0.25) is 5.02 Å². The van der Waals surface area contributed by atoms with Crippen LogP contribution in [0.3, 0.4) is 0 Å². The molecule has 1 aliphatic rings. The van der Waals surface area contributed by atoms with E-state index in [1.54, 1.807) is 0 Å². The van der Waals surface area contributed by atoms with E-state index in [-0.39, 0.29) is 12.5 Å². The van der Waals surface area contributed by atoms with Crippen molar-refractivity contribution in [2.75, 3.05) is 19.6 Å². The van der Waals surface area contributed by atoms with Crippen LogP contribution in [0.15, 0.2) is 91.0 Å². The van der Waals surface area contributed by atoms with Crippen LogP contribution in [0.5, 0.6) is 5.75 Å². The number of ether oxygens (including phenoxy) is 1. The molecule has 0 spiro atoms. The fourth-order valence-corrected chi connectivity index (χ4v) is 5.99. The Balaban J connectivity index is 1.22. The molecule has 1 atom stereocenters. The summed E-state index contributed by atoms with van der Waals surface area (Å²) in [6.07, 6.45) is 5.68. The maximum Gasteiger partial charge on any atom is 0.261 e. The van der Waals surface area contributed by atoms with Crippen molar-refractivity contribution < 1.29 is 14.7 Å². The van der Waals surface area contributed by atoms with E-state index >= 15 is 0 Å². The average molecular weight is 662 g/mol. The monoisotopic (exact) mass is 661 g/mol. The summed E-state index contributed by atoms with van der Waals surface area (Å²) in [6.45, 7) is 4.39. The van der Waals surface area contributed by atoms with Crippen molar-refractivity contribution >= 4 is 28.4 Å². The van der Waals surface area contributed by atoms with Crippen molar-refractivity contribution in [1.29, 1.82) is 0 Å². The number of carbonyl (C=O) groups is 1. The van der Waals surface area contributed by atoms with Crippen LogP contribution in [0.4, 0.5) is 0 Å². The number of likely N-dealkylation sites (tertiary alicyclic amines) is 1. The molecule has 246 valence electrons. The van der Waals surface area contributed by atoms with E-state index in [2.05, 4.69) is 29.7 Å². The minimum Gasteiger partial charge on any atom is -0.487 e. The number of halogens is 1. The molecule has 1 fully saturated rings. The normalized spacial score (nSPS) is 13.9. The highest BCUT2D eigenvalue weighted by atomic mass is 35.5. The van der Waals surface area contributed by atoms with Gasteiger partial charge in [-0.25, -0.2) is 14.7 Å². The van der Waals surface area contributed by atoms with Gasteiger partial charge < -0.3 is 4.74 Å². The lowest BCUT2D eigenvalue weighted by Gasteiger charge is -2.28. The second-order valence-corrected chi connectivity index (χ2v) is 12.6. The number of pyridine rings is 1. The number of hydrogen-bond donors (Lipinski definition) is 1. The van der Waals surface area contributed by atoms with Gasteiger partial charge in [0.05, 0.1) is 29.1 Å². The molecule has 0 bridgehead atoms. The lowest BCUT2D eigenvalue weighted by Crippen LogP contribution is -2.44. The molecule has 1 unspecified atom stereocenters. The number of nitrogens with zero attached hydrogens (tertiary/aromatic N) is 5. The number of para-hydroxylation sites is 1. The number of aromatic nitrogens is 3. The van der Waals surface area contributed by atoms with Gasteiger partial charge in [-0.1, -0.05) is 80.1 Å². The molecule has 1 N–H and O–H groups in total.